The average molecular weight is 257 g/mol. The number of aromatic nitrogens is 1. The molecule has 0 aromatic carbocycles. The molecule has 17 heavy (non-hydrogen) atoms. The molecule has 0 saturated carbocycles. The largest absolute Gasteiger partial charge is 0.325 e. The first-order valence-electron chi connectivity index (χ1n) is 5.64. The Morgan fingerprint density at radius 1 is 1.47 bits per heavy atom. The lowest BCUT2D eigenvalue weighted by Gasteiger charge is -2.10. The van der Waals surface area contributed by atoms with E-state index in [0.29, 0.717) is 24.7 Å². The molecule has 1 atom stereocenters. The first-order valence-corrected chi connectivity index (χ1v) is 7.12. The minimum absolute atomic E-state index is 0.179. The number of sulfonamides is 1. The van der Waals surface area contributed by atoms with Gasteiger partial charge in [-0.05, 0) is 18.1 Å². The summed E-state index contributed by atoms with van der Waals surface area (Å²) in [5.74, 6) is 0.320. The van der Waals surface area contributed by atoms with E-state index in [9.17, 15) is 8.42 Å². The summed E-state index contributed by atoms with van der Waals surface area (Å²) in [4.78, 5) is 4.15. The van der Waals surface area contributed by atoms with Crippen molar-refractivity contribution in [3.63, 3.8) is 0 Å². The summed E-state index contributed by atoms with van der Waals surface area (Å²) < 4.78 is 26.3. The summed E-state index contributed by atoms with van der Waals surface area (Å²) >= 11 is 0. The maximum Gasteiger partial charge on any atom is 0.242 e. The Morgan fingerprint density at radius 2 is 2.18 bits per heavy atom. The molecule has 0 spiro atoms. The maximum atomic E-state index is 11.9. The van der Waals surface area contributed by atoms with Crippen molar-refractivity contribution in [2.45, 2.75) is 31.7 Å². The molecule has 0 fully saturated rings. The maximum absolute atomic E-state index is 11.9. The molecule has 0 aliphatic rings. The van der Waals surface area contributed by atoms with Gasteiger partial charge in [0.25, 0.3) is 0 Å². The van der Waals surface area contributed by atoms with Gasteiger partial charge in [-0.2, -0.15) is 0 Å². The van der Waals surface area contributed by atoms with E-state index in [1.807, 2.05) is 13.8 Å². The van der Waals surface area contributed by atoms with Crippen LogP contribution in [-0.2, 0) is 16.6 Å². The van der Waals surface area contributed by atoms with E-state index in [-0.39, 0.29) is 4.90 Å². The molecule has 1 aromatic heterocycles. The second-order valence-electron chi connectivity index (χ2n) is 4.05. The SMILES string of the molecule is CCC(C)CNS(=O)(=O)c1ccc(CN)nc1. The van der Waals surface area contributed by atoms with Crippen molar-refractivity contribution in [1.82, 2.24) is 9.71 Å². The fourth-order valence-electron chi connectivity index (χ4n) is 1.17. The third kappa shape index (κ3) is 4.07. The fraction of sp³-hybridized carbons (Fsp3) is 0.545. The van der Waals surface area contributed by atoms with E-state index in [2.05, 4.69) is 9.71 Å². The number of nitrogens with two attached hydrogens (primary N) is 1. The lowest BCUT2D eigenvalue weighted by atomic mass is 10.1. The monoisotopic (exact) mass is 257 g/mol. The highest BCUT2D eigenvalue weighted by Gasteiger charge is 2.14. The molecule has 0 aliphatic heterocycles. The molecule has 1 aromatic rings. The summed E-state index contributed by atoms with van der Waals surface area (Å²) in [6, 6.07) is 3.14. The first kappa shape index (κ1) is 14.1. The van der Waals surface area contributed by atoms with Crippen molar-refractivity contribution >= 4 is 10.0 Å². The summed E-state index contributed by atoms with van der Waals surface area (Å²) in [6.45, 7) is 4.77. The zero-order valence-corrected chi connectivity index (χ0v) is 11.0. The number of nitrogens with one attached hydrogen (secondary N) is 1. The molecule has 3 N–H and O–H groups in total. The molecule has 0 saturated heterocycles. The van der Waals surface area contributed by atoms with Gasteiger partial charge in [-0.3, -0.25) is 4.98 Å². The Bertz CT molecular complexity index is 442. The Morgan fingerprint density at radius 3 is 2.65 bits per heavy atom. The minimum atomic E-state index is -3.44. The van der Waals surface area contributed by atoms with Crippen LogP contribution in [0.1, 0.15) is 26.0 Å². The van der Waals surface area contributed by atoms with Gasteiger partial charge in [-0.1, -0.05) is 20.3 Å². The smallest absolute Gasteiger partial charge is 0.242 e. The molecule has 1 rings (SSSR count). The van der Waals surface area contributed by atoms with Gasteiger partial charge < -0.3 is 5.73 Å². The molecule has 0 amide bonds. The van der Waals surface area contributed by atoms with E-state index in [0.717, 1.165) is 6.42 Å². The highest BCUT2D eigenvalue weighted by Crippen LogP contribution is 2.08. The average Bonchev–Trinajstić information content (AvgIpc) is 2.36. The van der Waals surface area contributed by atoms with E-state index in [1.54, 1.807) is 6.07 Å². The molecule has 1 unspecified atom stereocenters. The zero-order chi connectivity index (χ0) is 12.9. The highest BCUT2D eigenvalue weighted by atomic mass is 32.2. The molecule has 1 heterocycles. The van der Waals surface area contributed by atoms with Gasteiger partial charge in [-0.25, -0.2) is 13.1 Å². The molecular formula is C11H19N3O2S. The van der Waals surface area contributed by atoms with E-state index >= 15 is 0 Å². The summed E-state index contributed by atoms with van der Waals surface area (Å²) in [6.07, 6.45) is 2.27. The van der Waals surface area contributed by atoms with Crippen molar-refractivity contribution in [2.24, 2.45) is 11.7 Å². The molecule has 0 bridgehead atoms. The second-order valence-corrected chi connectivity index (χ2v) is 5.82. The lowest BCUT2D eigenvalue weighted by molar-refractivity contribution is 0.528. The van der Waals surface area contributed by atoms with Gasteiger partial charge in [0.2, 0.25) is 10.0 Å². The number of hydrogen-bond donors (Lipinski definition) is 2. The number of hydrogen-bond acceptors (Lipinski definition) is 4. The van der Waals surface area contributed by atoms with E-state index in [1.165, 1.54) is 12.3 Å². The fourth-order valence-corrected chi connectivity index (χ4v) is 2.28. The lowest BCUT2D eigenvalue weighted by Crippen LogP contribution is -2.28. The molecule has 5 nitrogen and oxygen atoms in total. The summed E-state index contributed by atoms with van der Waals surface area (Å²) in [5, 5.41) is 0. The predicted molar refractivity (Wildman–Crippen MR) is 66.8 cm³/mol. The van der Waals surface area contributed by atoms with Crippen LogP contribution in [0.15, 0.2) is 23.2 Å². The Balaban J connectivity index is 2.75. The molecule has 0 aliphatic carbocycles. The van der Waals surface area contributed by atoms with Gasteiger partial charge in [-0.15, -0.1) is 0 Å². The standard InChI is InChI=1S/C11H19N3O2S/c1-3-9(2)7-14-17(15,16)11-5-4-10(6-12)13-8-11/h4-5,8-9,14H,3,6-7,12H2,1-2H3. The van der Waals surface area contributed by atoms with Crippen LogP contribution in [0, 0.1) is 5.92 Å². The predicted octanol–water partition coefficient (Wildman–Crippen LogP) is 0.865. The second kappa shape index (κ2) is 6.09. The van der Waals surface area contributed by atoms with Crippen LogP contribution in [0.4, 0.5) is 0 Å². The van der Waals surface area contributed by atoms with Crippen LogP contribution >= 0.6 is 0 Å². The van der Waals surface area contributed by atoms with Crippen LogP contribution in [0.2, 0.25) is 0 Å². The van der Waals surface area contributed by atoms with Crippen molar-refractivity contribution in [2.75, 3.05) is 6.54 Å². The number of pyridine rings is 1. The van der Waals surface area contributed by atoms with Crippen molar-refractivity contribution in [3.8, 4) is 0 Å². The topological polar surface area (TPSA) is 85.1 Å². The quantitative estimate of drug-likeness (QED) is 0.791. The summed E-state index contributed by atoms with van der Waals surface area (Å²) in [7, 11) is -3.44. The molecular weight excluding hydrogens is 238 g/mol. The van der Waals surface area contributed by atoms with Gasteiger partial charge in [0, 0.05) is 19.3 Å². The van der Waals surface area contributed by atoms with Crippen molar-refractivity contribution < 1.29 is 8.42 Å². The normalized spacial score (nSPS) is 13.6. The molecule has 96 valence electrons. The third-order valence-corrected chi connectivity index (χ3v) is 4.04. The van der Waals surface area contributed by atoms with Crippen LogP contribution in [0.3, 0.4) is 0 Å². The Labute approximate surface area is 102 Å². The molecule has 0 radical (unpaired) electrons. The van der Waals surface area contributed by atoms with Gasteiger partial charge >= 0.3 is 0 Å². The minimum Gasteiger partial charge on any atom is -0.325 e. The molecule has 6 heteroatoms. The zero-order valence-electron chi connectivity index (χ0n) is 10.2. The van der Waals surface area contributed by atoms with E-state index in [4.69, 9.17) is 5.73 Å². The Kier molecular flexibility index (Phi) is 5.04. The van der Waals surface area contributed by atoms with Crippen LogP contribution in [0.5, 0.6) is 0 Å². The van der Waals surface area contributed by atoms with Gasteiger partial charge in [0.1, 0.15) is 4.90 Å². The van der Waals surface area contributed by atoms with Crippen molar-refractivity contribution in [1.29, 1.82) is 0 Å². The summed E-state index contributed by atoms with van der Waals surface area (Å²) in [5.41, 5.74) is 6.07. The van der Waals surface area contributed by atoms with Gasteiger partial charge in [0.15, 0.2) is 0 Å². The van der Waals surface area contributed by atoms with Gasteiger partial charge in [0.05, 0.1) is 5.69 Å². The van der Waals surface area contributed by atoms with Crippen LogP contribution < -0.4 is 10.5 Å². The number of rotatable bonds is 6. The Hall–Kier alpha value is -0.980. The third-order valence-electron chi connectivity index (χ3n) is 2.64. The highest BCUT2D eigenvalue weighted by molar-refractivity contribution is 7.89. The first-order chi connectivity index (χ1) is 7.99. The van der Waals surface area contributed by atoms with E-state index < -0.39 is 10.0 Å². The van der Waals surface area contributed by atoms with Crippen LogP contribution in [0.25, 0.3) is 0 Å². The van der Waals surface area contributed by atoms with Crippen molar-refractivity contribution in [3.05, 3.63) is 24.0 Å². The number of nitrogens with zero attached hydrogens (tertiary/aromatic N) is 1. The van der Waals surface area contributed by atoms with Crippen LogP contribution in [-0.4, -0.2) is 19.9 Å².